The molecule has 0 unspecified atom stereocenters. The molecule has 0 radical (unpaired) electrons. The summed E-state index contributed by atoms with van der Waals surface area (Å²) in [5.41, 5.74) is 10.1. The van der Waals surface area contributed by atoms with Gasteiger partial charge in [-0.3, -0.25) is 0 Å². The second-order valence-electron chi connectivity index (χ2n) is 13.9. The standard InChI is InChI=1S/C51H31N3S2/c1-4-15-32(16-5-1)35-21-12-22-36(29-35)50-52-49(34-19-8-3-9-20-34)53-51(54-50)41-26-14-28-44-47(41)40-25-13-24-38(48(40)56-44)37-30-42(33-17-6-2-7-18-33)46-39-23-10-11-27-43(39)55-45(46)31-37/h1-31H. The first-order chi connectivity index (χ1) is 27.7. The molecule has 0 atom stereocenters. The highest BCUT2D eigenvalue weighted by molar-refractivity contribution is 7.26. The highest BCUT2D eigenvalue weighted by Gasteiger charge is 2.20. The van der Waals surface area contributed by atoms with Gasteiger partial charge in [0.1, 0.15) is 0 Å². The fourth-order valence-corrected chi connectivity index (χ4v) is 10.4. The molecule has 0 saturated heterocycles. The predicted molar refractivity (Wildman–Crippen MR) is 238 cm³/mol. The molecule has 3 aromatic heterocycles. The van der Waals surface area contributed by atoms with E-state index in [1.807, 2.05) is 46.9 Å². The van der Waals surface area contributed by atoms with Crippen LogP contribution in [0.1, 0.15) is 0 Å². The highest BCUT2D eigenvalue weighted by atomic mass is 32.1. The van der Waals surface area contributed by atoms with Crippen molar-refractivity contribution >= 4 is 63.0 Å². The van der Waals surface area contributed by atoms with E-state index in [9.17, 15) is 0 Å². The maximum Gasteiger partial charge on any atom is 0.164 e. The van der Waals surface area contributed by atoms with Crippen molar-refractivity contribution in [3.63, 3.8) is 0 Å². The summed E-state index contributed by atoms with van der Waals surface area (Å²) in [5, 5.41) is 4.99. The molecule has 56 heavy (non-hydrogen) atoms. The smallest absolute Gasteiger partial charge is 0.164 e. The molecule has 262 valence electrons. The number of nitrogens with zero attached hydrogens (tertiary/aromatic N) is 3. The molecule has 8 aromatic carbocycles. The number of aromatic nitrogens is 3. The van der Waals surface area contributed by atoms with Gasteiger partial charge in [0, 0.05) is 57.0 Å². The third-order valence-electron chi connectivity index (χ3n) is 10.5. The molecule has 0 amide bonds. The van der Waals surface area contributed by atoms with E-state index in [-0.39, 0.29) is 0 Å². The minimum Gasteiger partial charge on any atom is -0.208 e. The summed E-state index contributed by atoms with van der Waals surface area (Å²) in [6.07, 6.45) is 0. The van der Waals surface area contributed by atoms with Crippen molar-refractivity contribution < 1.29 is 0 Å². The summed E-state index contributed by atoms with van der Waals surface area (Å²) in [6.45, 7) is 0. The number of rotatable bonds is 6. The molecule has 5 heteroatoms. The van der Waals surface area contributed by atoms with Gasteiger partial charge in [-0.2, -0.15) is 0 Å². The van der Waals surface area contributed by atoms with Crippen molar-refractivity contribution in [3.05, 3.63) is 188 Å². The molecule has 0 N–H and O–H groups in total. The van der Waals surface area contributed by atoms with Crippen LogP contribution in [0.4, 0.5) is 0 Å². The fraction of sp³-hybridized carbons (Fsp3) is 0. The van der Waals surface area contributed by atoms with Crippen molar-refractivity contribution in [1.82, 2.24) is 15.0 Å². The molecular weight excluding hydrogens is 719 g/mol. The Morgan fingerprint density at radius 2 is 0.839 bits per heavy atom. The molecule has 0 bridgehead atoms. The first-order valence-corrected chi connectivity index (χ1v) is 20.3. The van der Waals surface area contributed by atoms with Crippen LogP contribution in [0.3, 0.4) is 0 Å². The number of hydrogen-bond donors (Lipinski definition) is 0. The monoisotopic (exact) mass is 749 g/mol. The Hall–Kier alpha value is -6.79. The molecule has 0 fully saturated rings. The van der Waals surface area contributed by atoms with E-state index in [1.54, 1.807) is 0 Å². The topological polar surface area (TPSA) is 38.7 Å². The van der Waals surface area contributed by atoms with Crippen molar-refractivity contribution in [2.45, 2.75) is 0 Å². The molecule has 0 saturated carbocycles. The molecular formula is C51H31N3S2. The number of thiophene rings is 2. The van der Waals surface area contributed by atoms with E-state index >= 15 is 0 Å². The first kappa shape index (κ1) is 32.6. The van der Waals surface area contributed by atoms with Gasteiger partial charge in [0.25, 0.3) is 0 Å². The summed E-state index contributed by atoms with van der Waals surface area (Å²) < 4.78 is 5.05. The Bertz CT molecular complexity index is 3240. The summed E-state index contributed by atoms with van der Waals surface area (Å²) in [7, 11) is 0. The van der Waals surface area contributed by atoms with Gasteiger partial charge in [-0.1, -0.05) is 158 Å². The van der Waals surface area contributed by atoms with E-state index in [1.165, 1.54) is 57.2 Å². The summed E-state index contributed by atoms with van der Waals surface area (Å²) >= 11 is 3.71. The van der Waals surface area contributed by atoms with Crippen LogP contribution in [-0.2, 0) is 0 Å². The third kappa shape index (κ3) is 5.60. The number of benzene rings is 8. The summed E-state index contributed by atoms with van der Waals surface area (Å²) in [5.74, 6) is 1.96. The van der Waals surface area contributed by atoms with Crippen LogP contribution in [-0.4, -0.2) is 15.0 Å². The first-order valence-electron chi connectivity index (χ1n) is 18.7. The average molecular weight is 750 g/mol. The van der Waals surface area contributed by atoms with Crippen LogP contribution in [0, 0.1) is 0 Å². The molecule has 0 aliphatic rings. The van der Waals surface area contributed by atoms with E-state index in [4.69, 9.17) is 15.0 Å². The Balaban J connectivity index is 1.12. The van der Waals surface area contributed by atoms with Gasteiger partial charge in [0.15, 0.2) is 17.5 Å². The molecule has 0 spiro atoms. The van der Waals surface area contributed by atoms with Gasteiger partial charge in [-0.05, 0) is 63.7 Å². The zero-order valence-corrected chi connectivity index (χ0v) is 31.7. The quantitative estimate of drug-likeness (QED) is 0.170. The van der Waals surface area contributed by atoms with Crippen LogP contribution in [0.2, 0.25) is 0 Å². The number of hydrogen-bond acceptors (Lipinski definition) is 5. The van der Waals surface area contributed by atoms with E-state index in [0.717, 1.165) is 33.2 Å². The van der Waals surface area contributed by atoms with E-state index in [2.05, 4.69) is 164 Å². The van der Waals surface area contributed by atoms with Crippen molar-refractivity contribution in [2.24, 2.45) is 0 Å². The second kappa shape index (κ2) is 13.5. The molecule has 3 nitrogen and oxygen atoms in total. The maximum atomic E-state index is 5.24. The Morgan fingerprint density at radius 3 is 1.64 bits per heavy atom. The lowest BCUT2D eigenvalue weighted by Crippen LogP contribution is -2.00. The minimum atomic E-state index is 0.647. The predicted octanol–water partition coefficient (Wildman–Crippen LogP) is 14.6. The van der Waals surface area contributed by atoms with Gasteiger partial charge < -0.3 is 0 Å². The average Bonchev–Trinajstić information content (AvgIpc) is 3.86. The van der Waals surface area contributed by atoms with Gasteiger partial charge in [0.05, 0.1) is 0 Å². The van der Waals surface area contributed by atoms with Crippen molar-refractivity contribution in [3.8, 4) is 67.5 Å². The lowest BCUT2D eigenvalue weighted by molar-refractivity contribution is 1.08. The normalized spacial score (nSPS) is 11.6. The van der Waals surface area contributed by atoms with Gasteiger partial charge in [0.2, 0.25) is 0 Å². The third-order valence-corrected chi connectivity index (χ3v) is 12.9. The molecule has 3 heterocycles. The van der Waals surface area contributed by atoms with Crippen LogP contribution in [0.15, 0.2) is 188 Å². The van der Waals surface area contributed by atoms with E-state index in [0.29, 0.717) is 17.5 Å². The lowest BCUT2D eigenvalue weighted by Gasteiger charge is -2.11. The highest BCUT2D eigenvalue weighted by Crippen LogP contribution is 2.47. The fourth-order valence-electron chi connectivity index (χ4n) is 7.93. The summed E-state index contributed by atoms with van der Waals surface area (Å²) in [6, 6.07) is 66.7. The molecule has 11 aromatic rings. The van der Waals surface area contributed by atoms with Gasteiger partial charge >= 0.3 is 0 Å². The van der Waals surface area contributed by atoms with Crippen LogP contribution in [0.25, 0.3) is 108 Å². The SMILES string of the molecule is c1ccc(-c2cccc(-c3nc(-c4ccccc4)nc(-c4cccc5sc6c(-c7cc(-c8ccccc8)c8c(c7)sc7ccccc78)cccc6c45)n3)c2)cc1. The molecule has 0 aliphatic carbocycles. The summed E-state index contributed by atoms with van der Waals surface area (Å²) in [4.78, 5) is 15.5. The zero-order valence-electron chi connectivity index (χ0n) is 30.1. The molecule has 11 rings (SSSR count). The number of fused-ring (bicyclic) bond motifs is 6. The van der Waals surface area contributed by atoms with Crippen LogP contribution < -0.4 is 0 Å². The van der Waals surface area contributed by atoms with Gasteiger partial charge in [-0.25, -0.2) is 15.0 Å². The maximum absolute atomic E-state index is 5.24. The second-order valence-corrected chi connectivity index (χ2v) is 16.1. The Kier molecular flexibility index (Phi) is 7.87. The van der Waals surface area contributed by atoms with Crippen LogP contribution in [0.5, 0.6) is 0 Å². The van der Waals surface area contributed by atoms with Crippen LogP contribution >= 0.6 is 22.7 Å². The zero-order chi connectivity index (χ0) is 37.0. The van der Waals surface area contributed by atoms with Crippen molar-refractivity contribution in [2.75, 3.05) is 0 Å². The Labute approximate surface area is 331 Å². The molecule has 0 aliphatic heterocycles. The van der Waals surface area contributed by atoms with E-state index < -0.39 is 0 Å². The largest absolute Gasteiger partial charge is 0.208 e. The van der Waals surface area contributed by atoms with Crippen molar-refractivity contribution in [1.29, 1.82) is 0 Å². The Morgan fingerprint density at radius 1 is 0.286 bits per heavy atom. The minimum absolute atomic E-state index is 0.647. The van der Waals surface area contributed by atoms with Gasteiger partial charge in [-0.15, -0.1) is 22.7 Å². The lowest BCUT2D eigenvalue weighted by atomic mass is 9.94.